The van der Waals surface area contributed by atoms with Gasteiger partial charge in [-0.3, -0.25) is 0 Å². The summed E-state index contributed by atoms with van der Waals surface area (Å²) in [6.07, 6.45) is 1.64. The maximum atomic E-state index is 13.4. The molecular formula is C14H21FN2O2S. The lowest BCUT2D eigenvalue weighted by Gasteiger charge is -2.36. The monoisotopic (exact) mass is 300 g/mol. The van der Waals surface area contributed by atoms with Gasteiger partial charge in [0, 0.05) is 13.1 Å². The Morgan fingerprint density at radius 3 is 2.35 bits per heavy atom. The second-order valence-corrected chi connectivity index (χ2v) is 8.11. The number of nitrogens with zero attached hydrogens (tertiary/aromatic N) is 1. The fourth-order valence-electron chi connectivity index (χ4n) is 2.42. The van der Waals surface area contributed by atoms with E-state index in [4.69, 9.17) is 5.73 Å². The van der Waals surface area contributed by atoms with E-state index >= 15 is 0 Å². The number of halogens is 1. The maximum absolute atomic E-state index is 13.4. The number of aryl methyl sites for hydroxylation is 1. The van der Waals surface area contributed by atoms with Gasteiger partial charge in [0.25, 0.3) is 0 Å². The molecule has 20 heavy (non-hydrogen) atoms. The molecule has 2 N–H and O–H groups in total. The smallest absolute Gasteiger partial charge is 0.243 e. The van der Waals surface area contributed by atoms with Crippen molar-refractivity contribution >= 4 is 15.7 Å². The van der Waals surface area contributed by atoms with Crippen molar-refractivity contribution < 1.29 is 12.8 Å². The van der Waals surface area contributed by atoms with Gasteiger partial charge in [-0.2, -0.15) is 4.31 Å². The Kier molecular flexibility index (Phi) is 3.81. The summed E-state index contributed by atoms with van der Waals surface area (Å²) in [6.45, 7) is 6.84. The van der Waals surface area contributed by atoms with Gasteiger partial charge >= 0.3 is 0 Å². The summed E-state index contributed by atoms with van der Waals surface area (Å²) in [7, 11) is -3.60. The first-order chi connectivity index (χ1) is 9.13. The molecule has 112 valence electrons. The van der Waals surface area contributed by atoms with Gasteiger partial charge < -0.3 is 5.73 Å². The van der Waals surface area contributed by atoms with E-state index in [1.807, 2.05) is 0 Å². The van der Waals surface area contributed by atoms with Crippen LogP contribution in [0.2, 0.25) is 0 Å². The van der Waals surface area contributed by atoms with E-state index < -0.39 is 15.8 Å². The van der Waals surface area contributed by atoms with Crippen molar-refractivity contribution in [3.63, 3.8) is 0 Å². The van der Waals surface area contributed by atoms with Crippen LogP contribution in [0.1, 0.15) is 32.3 Å². The molecule has 1 aromatic carbocycles. The highest BCUT2D eigenvalue weighted by atomic mass is 32.2. The Labute approximate surface area is 119 Å². The van der Waals surface area contributed by atoms with Crippen LogP contribution in [0.4, 0.5) is 10.1 Å². The molecule has 0 atom stereocenters. The molecule has 0 unspecified atom stereocenters. The van der Waals surface area contributed by atoms with Crippen molar-refractivity contribution in [1.82, 2.24) is 4.31 Å². The van der Waals surface area contributed by atoms with E-state index in [0.717, 1.165) is 12.8 Å². The van der Waals surface area contributed by atoms with Gasteiger partial charge in [0.1, 0.15) is 5.82 Å². The molecule has 6 heteroatoms. The Hall–Kier alpha value is -1.14. The van der Waals surface area contributed by atoms with Gasteiger partial charge in [-0.25, -0.2) is 12.8 Å². The van der Waals surface area contributed by atoms with Crippen molar-refractivity contribution in [2.75, 3.05) is 18.8 Å². The molecule has 0 aromatic heterocycles. The van der Waals surface area contributed by atoms with E-state index in [-0.39, 0.29) is 16.0 Å². The molecule has 0 radical (unpaired) electrons. The number of nitrogen functional groups attached to an aromatic ring is 1. The molecule has 0 amide bonds. The fraction of sp³-hybridized carbons (Fsp3) is 0.571. The van der Waals surface area contributed by atoms with Crippen LogP contribution in [0.25, 0.3) is 0 Å². The van der Waals surface area contributed by atoms with Crippen LogP contribution in [0.15, 0.2) is 17.0 Å². The first-order valence-electron chi connectivity index (χ1n) is 6.69. The Morgan fingerprint density at radius 2 is 1.80 bits per heavy atom. The van der Waals surface area contributed by atoms with Crippen molar-refractivity contribution in [2.24, 2.45) is 5.41 Å². The molecule has 0 aliphatic carbocycles. The van der Waals surface area contributed by atoms with E-state index in [1.54, 1.807) is 6.92 Å². The minimum Gasteiger partial charge on any atom is -0.396 e. The lowest BCUT2D eigenvalue weighted by atomic mass is 9.83. The van der Waals surface area contributed by atoms with Crippen LogP contribution >= 0.6 is 0 Å². The Balaban J connectivity index is 2.34. The number of hydrogen-bond donors (Lipinski definition) is 1. The summed E-state index contributed by atoms with van der Waals surface area (Å²) >= 11 is 0. The zero-order valence-electron chi connectivity index (χ0n) is 12.1. The van der Waals surface area contributed by atoms with Gasteiger partial charge in [0.2, 0.25) is 10.0 Å². The summed E-state index contributed by atoms with van der Waals surface area (Å²) in [6, 6.07) is 2.40. The number of anilines is 1. The number of hydrogen-bond acceptors (Lipinski definition) is 3. The van der Waals surface area contributed by atoms with E-state index in [2.05, 4.69) is 13.8 Å². The third kappa shape index (κ3) is 2.81. The second kappa shape index (κ2) is 5.00. The topological polar surface area (TPSA) is 63.4 Å². The van der Waals surface area contributed by atoms with Crippen molar-refractivity contribution in [3.05, 3.63) is 23.5 Å². The summed E-state index contributed by atoms with van der Waals surface area (Å²) < 4.78 is 40.1. The number of sulfonamides is 1. The van der Waals surface area contributed by atoms with Crippen LogP contribution in [-0.2, 0) is 10.0 Å². The molecule has 1 saturated heterocycles. The summed E-state index contributed by atoms with van der Waals surface area (Å²) in [5.41, 5.74) is 5.93. The predicted octanol–water partition coefficient (Wildman–Crippen LogP) is 2.53. The summed E-state index contributed by atoms with van der Waals surface area (Å²) in [5.74, 6) is -0.582. The molecule has 1 fully saturated rings. The quantitative estimate of drug-likeness (QED) is 0.854. The van der Waals surface area contributed by atoms with Crippen molar-refractivity contribution in [1.29, 1.82) is 0 Å². The predicted molar refractivity (Wildman–Crippen MR) is 77.3 cm³/mol. The van der Waals surface area contributed by atoms with Crippen LogP contribution in [0.5, 0.6) is 0 Å². The zero-order valence-corrected chi connectivity index (χ0v) is 12.9. The third-order valence-electron chi connectivity index (χ3n) is 3.99. The highest BCUT2D eigenvalue weighted by molar-refractivity contribution is 7.89. The number of nitrogens with two attached hydrogens (primary N) is 1. The first-order valence-corrected chi connectivity index (χ1v) is 8.13. The lowest BCUT2D eigenvalue weighted by molar-refractivity contribution is 0.196. The number of benzene rings is 1. The summed E-state index contributed by atoms with van der Waals surface area (Å²) in [4.78, 5) is 0.108. The molecule has 1 aliphatic rings. The standard InChI is InChI=1S/C14H21FN2O2S/c1-10-8-11(15)12(16)9-13(10)20(18,19)17-6-4-14(2,3)5-7-17/h8-9H,4-7,16H2,1-3H3. The van der Waals surface area contributed by atoms with E-state index in [9.17, 15) is 12.8 Å². The van der Waals surface area contributed by atoms with E-state index in [1.165, 1.54) is 16.4 Å². The van der Waals surface area contributed by atoms with Crippen LogP contribution in [0.3, 0.4) is 0 Å². The number of rotatable bonds is 2. The zero-order chi connectivity index (χ0) is 15.1. The molecular weight excluding hydrogens is 279 g/mol. The molecule has 4 nitrogen and oxygen atoms in total. The molecule has 1 heterocycles. The highest BCUT2D eigenvalue weighted by Crippen LogP contribution is 2.33. The van der Waals surface area contributed by atoms with Crippen LogP contribution in [0, 0.1) is 18.2 Å². The number of piperidine rings is 1. The van der Waals surface area contributed by atoms with Crippen LogP contribution in [-0.4, -0.2) is 25.8 Å². The minimum absolute atomic E-state index is 0.108. The lowest BCUT2D eigenvalue weighted by Crippen LogP contribution is -2.41. The normalized spacial score (nSPS) is 20.0. The van der Waals surface area contributed by atoms with Gasteiger partial charge in [-0.1, -0.05) is 13.8 Å². The van der Waals surface area contributed by atoms with Crippen molar-refractivity contribution in [2.45, 2.75) is 38.5 Å². The molecule has 1 aliphatic heterocycles. The SMILES string of the molecule is Cc1cc(F)c(N)cc1S(=O)(=O)N1CCC(C)(C)CC1. The van der Waals surface area contributed by atoms with Gasteiger partial charge in [-0.05, 0) is 42.9 Å². The average molecular weight is 300 g/mol. The van der Waals surface area contributed by atoms with E-state index in [0.29, 0.717) is 18.7 Å². The first kappa shape index (κ1) is 15.3. The average Bonchev–Trinajstić information content (AvgIpc) is 2.33. The third-order valence-corrected chi connectivity index (χ3v) is 6.03. The fourth-order valence-corrected chi connectivity index (χ4v) is 4.10. The van der Waals surface area contributed by atoms with Crippen LogP contribution < -0.4 is 5.73 Å². The largest absolute Gasteiger partial charge is 0.396 e. The second-order valence-electron chi connectivity index (χ2n) is 6.21. The minimum atomic E-state index is -3.60. The van der Waals surface area contributed by atoms with Gasteiger partial charge in [-0.15, -0.1) is 0 Å². The molecule has 0 spiro atoms. The maximum Gasteiger partial charge on any atom is 0.243 e. The van der Waals surface area contributed by atoms with Crippen molar-refractivity contribution in [3.8, 4) is 0 Å². The Bertz CT molecular complexity index is 616. The van der Waals surface area contributed by atoms with Gasteiger partial charge in [0.05, 0.1) is 10.6 Å². The molecule has 0 bridgehead atoms. The molecule has 2 rings (SSSR count). The molecule has 0 saturated carbocycles. The van der Waals surface area contributed by atoms with Gasteiger partial charge in [0.15, 0.2) is 0 Å². The summed E-state index contributed by atoms with van der Waals surface area (Å²) in [5, 5.41) is 0. The Morgan fingerprint density at radius 1 is 1.25 bits per heavy atom. The highest BCUT2D eigenvalue weighted by Gasteiger charge is 2.33. The molecule has 1 aromatic rings.